The topological polar surface area (TPSA) is 40.6 Å². The Balaban J connectivity index is 1.56. The van der Waals surface area contributed by atoms with Crippen LogP contribution in [-0.4, -0.2) is 41.1 Å². The normalized spacial score (nSPS) is 19.6. The lowest BCUT2D eigenvalue weighted by Gasteiger charge is -2.28. The van der Waals surface area contributed by atoms with E-state index in [1.54, 1.807) is 0 Å². The number of Topliss-reactive ketones (excluding diaryl/α,β-unsaturated/α-hetero) is 1. The molecule has 100 valence electrons. The van der Waals surface area contributed by atoms with Crippen LogP contribution >= 0.6 is 0 Å². The van der Waals surface area contributed by atoms with Crippen molar-refractivity contribution in [1.82, 2.24) is 9.80 Å². The van der Waals surface area contributed by atoms with Crippen LogP contribution in [0.3, 0.4) is 0 Å². The molecule has 0 aliphatic carbocycles. The summed E-state index contributed by atoms with van der Waals surface area (Å²) in [6.07, 6.45) is 1.04. The minimum atomic E-state index is 0.153. The molecule has 2 aliphatic rings. The molecule has 1 aromatic rings. The molecule has 0 saturated carbocycles. The fourth-order valence-corrected chi connectivity index (χ4v) is 2.81. The van der Waals surface area contributed by atoms with Gasteiger partial charge in [0.25, 0.3) is 0 Å². The third-order valence-electron chi connectivity index (χ3n) is 3.94. The second kappa shape index (κ2) is 5.13. The molecule has 4 nitrogen and oxygen atoms in total. The number of likely N-dealkylation sites (tertiary alicyclic amines) is 1. The maximum Gasteiger partial charge on any atom is 0.236 e. The Kier molecular flexibility index (Phi) is 3.34. The number of amides is 1. The van der Waals surface area contributed by atoms with E-state index in [0.29, 0.717) is 32.5 Å². The Bertz CT molecular complexity index is 478. The zero-order valence-electron chi connectivity index (χ0n) is 11.0. The number of piperidine rings is 1. The van der Waals surface area contributed by atoms with Crippen LogP contribution in [-0.2, 0) is 22.7 Å². The summed E-state index contributed by atoms with van der Waals surface area (Å²) >= 11 is 0. The molecular formula is C15H18N2O2. The SMILES string of the molecule is O=C1CCN(C(=O)CN2Cc3ccccc3C2)CC1. The quantitative estimate of drug-likeness (QED) is 0.800. The number of fused-ring (bicyclic) bond motifs is 1. The van der Waals surface area contributed by atoms with E-state index in [0.717, 1.165) is 13.1 Å². The number of hydrogen-bond acceptors (Lipinski definition) is 3. The van der Waals surface area contributed by atoms with Crippen molar-refractivity contribution in [3.05, 3.63) is 35.4 Å². The van der Waals surface area contributed by atoms with Crippen LogP contribution in [0.5, 0.6) is 0 Å². The predicted molar refractivity (Wildman–Crippen MR) is 71.4 cm³/mol. The summed E-state index contributed by atoms with van der Waals surface area (Å²) in [6.45, 7) is 3.36. The highest BCUT2D eigenvalue weighted by Crippen LogP contribution is 2.22. The van der Waals surface area contributed by atoms with Crippen molar-refractivity contribution in [2.75, 3.05) is 19.6 Å². The first-order valence-corrected chi connectivity index (χ1v) is 6.81. The van der Waals surface area contributed by atoms with Gasteiger partial charge in [-0.15, -0.1) is 0 Å². The smallest absolute Gasteiger partial charge is 0.236 e. The number of carbonyl (C=O) groups is 2. The fraction of sp³-hybridized carbons (Fsp3) is 0.467. The third-order valence-corrected chi connectivity index (χ3v) is 3.94. The average molecular weight is 258 g/mol. The van der Waals surface area contributed by atoms with Crippen LogP contribution in [0.15, 0.2) is 24.3 Å². The highest BCUT2D eigenvalue weighted by molar-refractivity contribution is 5.84. The maximum absolute atomic E-state index is 12.2. The highest BCUT2D eigenvalue weighted by Gasteiger charge is 2.25. The summed E-state index contributed by atoms with van der Waals surface area (Å²) in [6, 6.07) is 8.33. The van der Waals surface area contributed by atoms with E-state index in [2.05, 4.69) is 17.0 Å². The predicted octanol–water partition coefficient (Wildman–Crippen LogP) is 1.19. The van der Waals surface area contributed by atoms with Gasteiger partial charge in [-0.05, 0) is 11.1 Å². The molecule has 1 saturated heterocycles. The Hall–Kier alpha value is -1.68. The van der Waals surface area contributed by atoms with Gasteiger partial charge >= 0.3 is 0 Å². The van der Waals surface area contributed by atoms with Crippen LogP contribution in [0, 0.1) is 0 Å². The van der Waals surface area contributed by atoms with E-state index in [1.807, 2.05) is 17.0 Å². The molecule has 19 heavy (non-hydrogen) atoms. The number of ketones is 1. The van der Waals surface area contributed by atoms with E-state index in [4.69, 9.17) is 0 Å². The molecule has 3 rings (SSSR count). The van der Waals surface area contributed by atoms with Gasteiger partial charge in [0.15, 0.2) is 0 Å². The largest absolute Gasteiger partial charge is 0.341 e. The zero-order chi connectivity index (χ0) is 13.2. The minimum absolute atomic E-state index is 0.153. The molecule has 0 radical (unpaired) electrons. The molecule has 2 heterocycles. The third kappa shape index (κ3) is 2.68. The van der Waals surface area contributed by atoms with Crippen molar-refractivity contribution in [3.8, 4) is 0 Å². The first-order valence-electron chi connectivity index (χ1n) is 6.81. The van der Waals surface area contributed by atoms with Gasteiger partial charge in [0, 0.05) is 39.0 Å². The summed E-state index contributed by atoms with van der Waals surface area (Å²) in [4.78, 5) is 27.4. The Labute approximate surface area is 113 Å². The van der Waals surface area contributed by atoms with Crippen molar-refractivity contribution >= 4 is 11.7 Å². The molecule has 0 bridgehead atoms. The van der Waals surface area contributed by atoms with Crippen molar-refractivity contribution in [1.29, 1.82) is 0 Å². The second-order valence-electron chi connectivity index (χ2n) is 5.33. The highest BCUT2D eigenvalue weighted by atomic mass is 16.2. The number of nitrogens with zero attached hydrogens (tertiary/aromatic N) is 2. The molecule has 0 N–H and O–H groups in total. The standard InChI is InChI=1S/C15H18N2O2/c18-14-5-7-17(8-6-14)15(19)11-16-9-12-3-1-2-4-13(12)10-16/h1-4H,5-11H2. The maximum atomic E-state index is 12.2. The number of benzene rings is 1. The van der Waals surface area contributed by atoms with E-state index in [9.17, 15) is 9.59 Å². The Morgan fingerprint density at radius 2 is 1.63 bits per heavy atom. The van der Waals surface area contributed by atoms with Gasteiger partial charge in [-0.2, -0.15) is 0 Å². The lowest BCUT2D eigenvalue weighted by molar-refractivity contribution is -0.135. The van der Waals surface area contributed by atoms with Gasteiger partial charge in [-0.1, -0.05) is 24.3 Å². The molecule has 1 aromatic carbocycles. The van der Waals surface area contributed by atoms with E-state index >= 15 is 0 Å². The number of hydrogen-bond donors (Lipinski definition) is 0. The molecule has 1 fully saturated rings. The lowest BCUT2D eigenvalue weighted by Crippen LogP contribution is -2.43. The van der Waals surface area contributed by atoms with E-state index in [-0.39, 0.29) is 11.7 Å². The van der Waals surface area contributed by atoms with Gasteiger partial charge in [-0.25, -0.2) is 0 Å². The van der Waals surface area contributed by atoms with Gasteiger partial charge in [-0.3, -0.25) is 14.5 Å². The summed E-state index contributed by atoms with van der Waals surface area (Å²) in [7, 11) is 0. The molecule has 0 aromatic heterocycles. The fourth-order valence-electron chi connectivity index (χ4n) is 2.81. The molecule has 4 heteroatoms. The van der Waals surface area contributed by atoms with E-state index in [1.165, 1.54) is 11.1 Å². The monoisotopic (exact) mass is 258 g/mol. The minimum Gasteiger partial charge on any atom is -0.341 e. The average Bonchev–Trinajstić information content (AvgIpc) is 2.81. The number of rotatable bonds is 2. The van der Waals surface area contributed by atoms with Gasteiger partial charge in [0.1, 0.15) is 5.78 Å². The number of carbonyl (C=O) groups excluding carboxylic acids is 2. The molecule has 0 atom stereocenters. The summed E-state index contributed by atoms with van der Waals surface area (Å²) < 4.78 is 0. The van der Waals surface area contributed by atoms with Crippen LogP contribution in [0.4, 0.5) is 0 Å². The lowest BCUT2D eigenvalue weighted by atomic mass is 10.1. The molecule has 0 spiro atoms. The molecule has 1 amide bonds. The molecule has 2 aliphatic heterocycles. The Morgan fingerprint density at radius 1 is 1.05 bits per heavy atom. The first-order chi connectivity index (χ1) is 9.22. The molecular weight excluding hydrogens is 240 g/mol. The summed E-state index contributed by atoms with van der Waals surface area (Å²) in [5.41, 5.74) is 2.65. The van der Waals surface area contributed by atoms with Gasteiger partial charge in [0.05, 0.1) is 6.54 Å². The van der Waals surface area contributed by atoms with Crippen molar-refractivity contribution in [2.45, 2.75) is 25.9 Å². The van der Waals surface area contributed by atoms with Gasteiger partial charge in [0.2, 0.25) is 5.91 Å². The van der Waals surface area contributed by atoms with Crippen LogP contribution < -0.4 is 0 Å². The van der Waals surface area contributed by atoms with Crippen molar-refractivity contribution in [3.63, 3.8) is 0 Å². The van der Waals surface area contributed by atoms with Crippen LogP contribution in [0.2, 0.25) is 0 Å². The molecule has 0 unspecified atom stereocenters. The van der Waals surface area contributed by atoms with Gasteiger partial charge < -0.3 is 4.90 Å². The Morgan fingerprint density at radius 3 is 2.21 bits per heavy atom. The first kappa shape index (κ1) is 12.4. The zero-order valence-corrected chi connectivity index (χ0v) is 11.0. The van der Waals surface area contributed by atoms with Crippen molar-refractivity contribution in [2.24, 2.45) is 0 Å². The van der Waals surface area contributed by atoms with Crippen LogP contribution in [0.25, 0.3) is 0 Å². The van der Waals surface area contributed by atoms with Crippen LogP contribution in [0.1, 0.15) is 24.0 Å². The summed E-state index contributed by atoms with van der Waals surface area (Å²) in [5, 5.41) is 0. The van der Waals surface area contributed by atoms with Crippen molar-refractivity contribution < 1.29 is 9.59 Å². The second-order valence-corrected chi connectivity index (χ2v) is 5.33. The van der Waals surface area contributed by atoms with E-state index < -0.39 is 0 Å². The summed E-state index contributed by atoms with van der Waals surface area (Å²) in [5.74, 6) is 0.429.